The Balaban J connectivity index is 1.56. The molecular formula is C53H74N16O10. The van der Waals surface area contributed by atoms with Gasteiger partial charge in [-0.1, -0.05) is 68.3 Å². The molecule has 2 aromatic carbocycles. The number of unbranched alkanes of at least 4 members (excludes halogenated alkanes) is 1. The van der Waals surface area contributed by atoms with Crippen LogP contribution in [0.25, 0.3) is 10.9 Å². The number of hydrogen-bond acceptors (Lipinski definition) is 12. The van der Waals surface area contributed by atoms with Gasteiger partial charge >= 0.3 is 0 Å². The summed E-state index contributed by atoms with van der Waals surface area (Å²) < 4.78 is 0. The highest BCUT2D eigenvalue weighted by Gasteiger charge is 2.35. The summed E-state index contributed by atoms with van der Waals surface area (Å²) in [6.45, 7) is 4.57. The zero-order valence-corrected chi connectivity index (χ0v) is 44.7. The van der Waals surface area contributed by atoms with E-state index in [0.717, 1.165) is 10.9 Å². The Labute approximate surface area is 456 Å². The lowest BCUT2D eigenvalue weighted by Gasteiger charge is -2.28. The van der Waals surface area contributed by atoms with Crippen LogP contribution < -0.4 is 65.1 Å². The van der Waals surface area contributed by atoms with Crippen LogP contribution in [-0.2, 0) is 67.2 Å². The lowest BCUT2D eigenvalue weighted by Crippen LogP contribution is -2.61. The molecule has 3 heterocycles. The van der Waals surface area contributed by atoms with E-state index < -0.39 is 114 Å². The first-order valence-corrected chi connectivity index (χ1v) is 26.4. The number of aromatic nitrogens is 3. The molecule has 0 aliphatic carbocycles. The number of aliphatic imine (C=N–C) groups is 1. The number of carbonyl (C=O) groups excluding carboxylic acids is 10. The van der Waals surface area contributed by atoms with Gasteiger partial charge in [-0.25, -0.2) is 4.98 Å². The van der Waals surface area contributed by atoms with Crippen molar-refractivity contribution in [3.8, 4) is 0 Å². The van der Waals surface area contributed by atoms with Gasteiger partial charge in [0.1, 0.15) is 48.3 Å². The molecule has 26 nitrogen and oxygen atoms in total. The molecule has 5 rings (SSSR count). The number of hydrogen-bond donors (Lipinski definition) is 14. The van der Waals surface area contributed by atoms with E-state index in [0.29, 0.717) is 29.7 Å². The number of guanidine groups is 1. The number of benzene rings is 2. The van der Waals surface area contributed by atoms with E-state index in [-0.39, 0.29) is 76.8 Å². The number of para-hydroxylation sites is 1. The third-order valence-electron chi connectivity index (χ3n) is 13.1. The summed E-state index contributed by atoms with van der Waals surface area (Å²) in [5.74, 6) is -8.13. The first kappa shape index (κ1) is 61.0. The lowest BCUT2D eigenvalue weighted by atomic mass is 10.0. The molecule has 1 aliphatic rings. The smallest absolute Gasteiger partial charge is 0.243 e. The molecule has 2 aromatic heterocycles. The maximum atomic E-state index is 14.8. The number of primary amides is 1. The van der Waals surface area contributed by atoms with Crippen LogP contribution in [0.3, 0.4) is 0 Å². The molecule has 79 heavy (non-hydrogen) atoms. The number of carbonyl (C=O) groups is 10. The number of rotatable bonds is 17. The second-order valence-electron chi connectivity index (χ2n) is 19.4. The molecule has 0 spiro atoms. The van der Waals surface area contributed by atoms with Crippen LogP contribution in [0, 0.1) is 0 Å². The zero-order chi connectivity index (χ0) is 57.4. The predicted octanol–water partition coefficient (Wildman–Crippen LogP) is -1.74. The Bertz CT molecular complexity index is 2760. The summed E-state index contributed by atoms with van der Waals surface area (Å²) >= 11 is 0. The van der Waals surface area contributed by atoms with E-state index in [4.69, 9.17) is 17.2 Å². The van der Waals surface area contributed by atoms with Gasteiger partial charge in [0.2, 0.25) is 59.1 Å². The number of fused-ring (bicyclic) bond motifs is 1. The van der Waals surface area contributed by atoms with Crippen molar-refractivity contribution in [3.05, 3.63) is 90.1 Å². The fourth-order valence-electron chi connectivity index (χ4n) is 8.80. The Hall–Kier alpha value is -8.84. The van der Waals surface area contributed by atoms with Crippen molar-refractivity contribution in [3.63, 3.8) is 0 Å². The molecule has 10 amide bonds. The molecule has 0 bridgehead atoms. The molecule has 17 N–H and O–H groups in total. The van der Waals surface area contributed by atoms with Crippen molar-refractivity contribution >= 4 is 75.9 Å². The Morgan fingerprint density at radius 1 is 0.734 bits per heavy atom. The van der Waals surface area contributed by atoms with E-state index in [2.05, 4.69) is 67.8 Å². The third kappa shape index (κ3) is 19.9. The summed E-state index contributed by atoms with van der Waals surface area (Å²) in [6.07, 6.45) is 5.38. The van der Waals surface area contributed by atoms with Gasteiger partial charge in [-0.3, -0.25) is 52.9 Å². The number of nitrogens with zero attached hydrogens (tertiary/aromatic N) is 2. The minimum Gasteiger partial charge on any atom is -0.370 e. The summed E-state index contributed by atoms with van der Waals surface area (Å²) in [5.41, 5.74) is 19.2. The highest BCUT2D eigenvalue weighted by molar-refractivity contribution is 5.99. The van der Waals surface area contributed by atoms with Crippen LogP contribution in [0.1, 0.15) is 95.4 Å². The first-order chi connectivity index (χ1) is 37.8. The predicted molar refractivity (Wildman–Crippen MR) is 291 cm³/mol. The molecular weight excluding hydrogens is 1020 g/mol. The maximum Gasteiger partial charge on any atom is 0.243 e. The quantitative estimate of drug-likeness (QED) is 0.0318. The van der Waals surface area contributed by atoms with E-state index in [1.54, 1.807) is 42.6 Å². The van der Waals surface area contributed by atoms with Crippen molar-refractivity contribution in [1.29, 1.82) is 0 Å². The normalized spacial score (nSPS) is 22.1. The van der Waals surface area contributed by atoms with Gasteiger partial charge in [0.15, 0.2) is 5.96 Å². The summed E-state index contributed by atoms with van der Waals surface area (Å²) in [5, 5.41) is 24.8. The van der Waals surface area contributed by atoms with E-state index in [1.165, 1.54) is 26.4 Å². The molecule has 4 aromatic rings. The van der Waals surface area contributed by atoms with Crippen LogP contribution in [0.2, 0.25) is 0 Å². The van der Waals surface area contributed by atoms with Crippen LogP contribution in [-0.4, -0.2) is 141 Å². The minimum absolute atomic E-state index is 0.0222. The molecule has 1 fully saturated rings. The molecule has 426 valence electrons. The number of nitrogens with one attached hydrogen (secondary N) is 11. The van der Waals surface area contributed by atoms with Gasteiger partial charge in [-0.2, -0.15) is 0 Å². The molecule has 8 atom stereocenters. The number of imidazole rings is 1. The molecule has 0 saturated carbocycles. The maximum absolute atomic E-state index is 14.8. The standard InChI is InChI=1S/C53H74N16O10/c1-4-5-17-38(63-31(3)70)47(74)69-43-26-44(71)58-21-12-11-19-37(45(54)72)64-46(73)30(2)62-49(76)41(24-33-27-60-36-18-10-9-16-35(33)36)67-48(75)39(20-13-22-59-53(55)56)65-50(77)40(23-32-14-7-6-8-15-32)66-51(78)42(68-52(43)79)25-34-28-57-29-61-34/h6-10,14-16,18,27-30,37-43,60H,4-5,11-13,17,19-26H2,1-3H3,(H2,54,72)(H,57,61)(H,58,71)(H,62,76)(H,63,70)(H,64,73)(H,65,77)(H,66,78)(H,67,75)(H,68,79)(H,69,74)(H4,55,56,59)/t30-,37+,38+,39+,40-,41-,42+,43+/m1/s1. The van der Waals surface area contributed by atoms with E-state index >= 15 is 0 Å². The summed E-state index contributed by atoms with van der Waals surface area (Å²) in [4.78, 5) is 153. The second-order valence-corrected chi connectivity index (χ2v) is 19.4. The lowest BCUT2D eigenvalue weighted by molar-refractivity contribution is -0.136. The largest absolute Gasteiger partial charge is 0.370 e. The SMILES string of the molecule is CCCC[C@H](NC(C)=O)C(=O)N[C@H]1CC(=O)NCCCC[C@@H](C(N)=O)NC(=O)[C@@H](C)NC(=O)[C@@H](Cc2c[nH]c3ccccc23)NC(=O)[C@H](CCCN=C(N)N)NC(=O)[C@@H](Cc2ccccc2)NC(=O)[C@H](Cc2cnc[nH]2)NC1=O. The Morgan fingerprint density at radius 3 is 2.05 bits per heavy atom. The monoisotopic (exact) mass is 1090 g/mol. The summed E-state index contributed by atoms with van der Waals surface area (Å²) in [7, 11) is 0. The van der Waals surface area contributed by atoms with Gasteiger partial charge in [-0.05, 0) is 62.6 Å². The summed E-state index contributed by atoms with van der Waals surface area (Å²) in [6, 6.07) is 5.07. The second kappa shape index (κ2) is 30.8. The Morgan fingerprint density at radius 2 is 1.38 bits per heavy atom. The van der Waals surface area contributed by atoms with Crippen molar-refractivity contribution in [2.75, 3.05) is 13.1 Å². The zero-order valence-electron chi connectivity index (χ0n) is 44.7. The minimum atomic E-state index is -1.61. The van der Waals surface area contributed by atoms with Crippen LogP contribution in [0.4, 0.5) is 0 Å². The third-order valence-corrected chi connectivity index (χ3v) is 13.1. The van der Waals surface area contributed by atoms with Gasteiger partial charge in [-0.15, -0.1) is 0 Å². The van der Waals surface area contributed by atoms with Crippen LogP contribution in [0.5, 0.6) is 0 Å². The fraction of sp³-hybridized carbons (Fsp3) is 0.472. The molecule has 0 unspecified atom stereocenters. The van der Waals surface area contributed by atoms with Gasteiger partial charge in [0.05, 0.1) is 12.7 Å². The van der Waals surface area contributed by atoms with Gasteiger partial charge in [0.25, 0.3) is 0 Å². The van der Waals surface area contributed by atoms with Crippen LogP contribution >= 0.6 is 0 Å². The molecule has 1 aliphatic heterocycles. The van der Waals surface area contributed by atoms with Gasteiger partial charge < -0.3 is 75.0 Å². The van der Waals surface area contributed by atoms with E-state index in [9.17, 15) is 47.9 Å². The number of H-pyrrole nitrogens is 2. The number of aromatic amines is 2. The Kier molecular flexibility index (Phi) is 23.8. The fourth-order valence-corrected chi connectivity index (χ4v) is 8.80. The topological polar surface area (TPSA) is 414 Å². The van der Waals surface area contributed by atoms with Crippen molar-refractivity contribution in [2.45, 2.75) is 146 Å². The number of nitrogens with two attached hydrogens (primary N) is 3. The average Bonchev–Trinajstić information content (AvgIpc) is 4.10. The van der Waals surface area contributed by atoms with Crippen LogP contribution in [0.15, 0.2) is 78.3 Å². The highest BCUT2D eigenvalue weighted by atomic mass is 16.2. The van der Waals surface area contributed by atoms with Crippen molar-refractivity contribution < 1.29 is 47.9 Å². The van der Waals surface area contributed by atoms with E-state index in [1.807, 2.05) is 25.1 Å². The average molecular weight is 1100 g/mol. The van der Waals surface area contributed by atoms with Crippen molar-refractivity contribution in [2.24, 2.45) is 22.2 Å². The van der Waals surface area contributed by atoms with Crippen molar-refractivity contribution in [1.82, 2.24) is 62.8 Å². The first-order valence-electron chi connectivity index (χ1n) is 26.4. The molecule has 1 saturated heterocycles. The van der Waals surface area contributed by atoms with Gasteiger partial charge in [0, 0.05) is 68.3 Å². The molecule has 26 heteroatoms. The molecule has 0 radical (unpaired) electrons. The number of amides is 10. The highest BCUT2D eigenvalue weighted by Crippen LogP contribution is 2.20.